The number of carboxylic acids is 2. The molecular weight excluding hydrogens is 492 g/mol. The number of amides is 1. The second kappa shape index (κ2) is 14.8. The molecule has 2 heterocycles. The van der Waals surface area contributed by atoms with Gasteiger partial charge in [0.1, 0.15) is 5.82 Å². The van der Waals surface area contributed by atoms with Crippen LogP contribution in [0.25, 0.3) is 11.0 Å². The predicted octanol–water partition coefficient (Wildman–Crippen LogP) is 2.38. The van der Waals surface area contributed by atoms with Gasteiger partial charge >= 0.3 is 0 Å². The maximum Gasteiger partial charge on any atom is 0.300 e. The first-order chi connectivity index (χ1) is 18.0. The van der Waals surface area contributed by atoms with Gasteiger partial charge in [-0.05, 0) is 55.8 Å². The molecule has 1 aliphatic heterocycles. The molecule has 1 saturated carbocycles. The number of aryl methyl sites for hydroxylation is 1. The molecule has 11 heteroatoms. The zero-order valence-electron chi connectivity index (χ0n) is 22.8. The van der Waals surface area contributed by atoms with Crippen LogP contribution >= 0.6 is 0 Å². The highest BCUT2D eigenvalue weighted by Gasteiger charge is 2.42. The summed E-state index contributed by atoms with van der Waals surface area (Å²) in [5.74, 6) is 0.163. The molecule has 4 rings (SSSR count). The van der Waals surface area contributed by atoms with Crippen LogP contribution in [-0.2, 0) is 27.3 Å². The van der Waals surface area contributed by atoms with Gasteiger partial charge in [0.25, 0.3) is 17.8 Å². The number of morpholine rings is 1. The van der Waals surface area contributed by atoms with Crippen LogP contribution in [0.4, 0.5) is 0 Å². The number of ether oxygens (including phenoxy) is 1. The molecule has 0 radical (unpaired) electrons. The number of nitrogens with zero attached hydrogens (tertiary/aromatic N) is 3. The fourth-order valence-corrected chi connectivity index (χ4v) is 4.94. The van der Waals surface area contributed by atoms with Crippen molar-refractivity contribution in [3.8, 4) is 0 Å². The van der Waals surface area contributed by atoms with Crippen molar-refractivity contribution in [2.45, 2.75) is 72.1 Å². The summed E-state index contributed by atoms with van der Waals surface area (Å²) in [7, 11) is 0. The number of aliphatic hydroxyl groups is 1. The van der Waals surface area contributed by atoms with E-state index in [2.05, 4.69) is 18.4 Å². The molecule has 1 unspecified atom stereocenters. The Labute approximate surface area is 223 Å². The van der Waals surface area contributed by atoms with E-state index in [-0.39, 0.29) is 30.6 Å². The van der Waals surface area contributed by atoms with E-state index in [9.17, 15) is 9.90 Å². The molecule has 212 valence electrons. The number of carbonyl (C=O) groups excluding carboxylic acids is 1. The molecule has 2 fully saturated rings. The number of aromatic nitrogens is 2. The Morgan fingerprint density at radius 1 is 1.16 bits per heavy atom. The van der Waals surface area contributed by atoms with Crippen LogP contribution in [0.1, 0.15) is 63.1 Å². The number of carboxylic acid groups (broad SMARTS) is 2. The summed E-state index contributed by atoms with van der Waals surface area (Å²) >= 11 is 0. The Morgan fingerprint density at radius 2 is 1.82 bits per heavy atom. The van der Waals surface area contributed by atoms with Gasteiger partial charge in [-0.3, -0.25) is 14.4 Å². The minimum absolute atomic E-state index is 0.0382. The summed E-state index contributed by atoms with van der Waals surface area (Å²) in [5, 5.41) is 24.4. The largest absolute Gasteiger partial charge is 0.481 e. The third kappa shape index (κ3) is 8.78. The molecule has 11 nitrogen and oxygen atoms in total. The third-order valence-corrected chi connectivity index (χ3v) is 6.40. The molecule has 1 saturated heterocycles. The highest BCUT2D eigenvalue weighted by Crippen LogP contribution is 2.35. The molecule has 1 aliphatic carbocycles. The molecule has 2 aromatic rings. The molecule has 0 bridgehead atoms. The third-order valence-electron chi connectivity index (χ3n) is 6.40. The van der Waals surface area contributed by atoms with Crippen molar-refractivity contribution in [3.05, 3.63) is 29.6 Å². The Hall–Kier alpha value is -3.02. The number of rotatable bonds is 7. The van der Waals surface area contributed by atoms with Crippen LogP contribution in [0, 0.1) is 11.8 Å². The minimum atomic E-state index is -0.833. The van der Waals surface area contributed by atoms with E-state index in [1.807, 2.05) is 23.1 Å². The Balaban J connectivity index is 0.000000559. The normalized spacial score (nSPS) is 20.3. The number of imidazole rings is 1. The van der Waals surface area contributed by atoms with E-state index < -0.39 is 11.9 Å². The zero-order valence-corrected chi connectivity index (χ0v) is 22.8. The summed E-state index contributed by atoms with van der Waals surface area (Å²) in [6.45, 7) is 9.30. The fourth-order valence-electron chi connectivity index (χ4n) is 4.94. The van der Waals surface area contributed by atoms with E-state index in [1.165, 1.54) is 0 Å². The average Bonchev–Trinajstić information content (AvgIpc) is 3.41. The first kappa shape index (κ1) is 31.2. The van der Waals surface area contributed by atoms with Crippen LogP contribution in [0.3, 0.4) is 0 Å². The molecule has 1 amide bonds. The quantitative estimate of drug-likeness (QED) is 0.417. The molecular formula is C27H42N4O7. The highest BCUT2D eigenvalue weighted by molar-refractivity contribution is 5.97. The van der Waals surface area contributed by atoms with Crippen LogP contribution in [0.5, 0.6) is 0 Å². The lowest BCUT2D eigenvalue weighted by Gasteiger charge is -2.37. The van der Waals surface area contributed by atoms with Crippen LogP contribution in [0.2, 0.25) is 0 Å². The number of aliphatic hydroxyl groups excluding tert-OH is 1. The lowest BCUT2D eigenvalue weighted by Crippen LogP contribution is -2.51. The van der Waals surface area contributed by atoms with E-state index in [4.69, 9.17) is 35.3 Å². The summed E-state index contributed by atoms with van der Waals surface area (Å²) in [6.07, 6.45) is 3.45. The summed E-state index contributed by atoms with van der Waals surface area (Å²) in [4.78, 5) is 38.3. The SMILES string of the molecule is CC(=O)O.CC(=O)O.CC(C)Cc1nc2ccc(C(=O)N3CCOC4C[C@H](CO)C[C@@H]43)cc2n1CCCN. The van der Waals surface area contributed by atoms with Gasteiger partial charge in [0.05, 0.1) is 29.8 Å². The summed E-state index contributed by atoms with van der Waals surface area (Å²) < 4.78 is 8.13. The van der Waals surface area contributed by atoms with Gasteiger partial charge in [0.2, 0.25) is 0 Å². The average molecular weight is 535 g/mol. The van der Waals surface area contributed by atoms with Gasteiger partial charge in [-0.15, -0.1) is 0 Å². The molecule has 2 aliphatic rings. The lowest BCUT2D eigenvalue weighted by molar-refractivity contribution is -0.135. The number of nitrogens with two attached hydrogens (primary N) is 1. The van der Waals surface area contributed by atoms with E-state index in [1.54, 1.807) is 0 Å². The van der Waals surface area contributed by atoms with Crippen molar-refractivity contribution in [1.29, 1.82) is 0 Å². The van der Waals surface area contributed by atoms with Crippen molar-refractivity contribution in [1.82, 2.24) is 14.5 Å². The van der Waals surface area contributed by atoms with Gasteiger partial charge in [-0.1, -0.05) is 13.8 Å². The lowest BCUT2D eigenvalue weighted by atomic mass is 10.1. The van der Waals surface area contributed by atoms with Gasteiger partial charge < -0.3 is 35.3 Å². The molecule has 1 aromatic carbocycles. The summed E-state index contributed by atoms with van der Waals surface area (Å²) in [6, 6.07) is 5.91. The fraction of sp³-hybridized carbons (Fsp3) is 0.630. The first-order valence-electron chi connectivity index (χ1n) is 13.1. The van der Waals surface area contributed by atoms with Crippen LogP contribution in [-0.4, -0.2) is 86.1 Å². The van der Waals surface area contributed by atoms with Crippen molar-refractivity contribution in [3.63, 3.8) is 0 Å². The van der Waals surface area contributed by atoms with Crippen LogP contribution in [0.15, 0.2) is 18.2 Å². The molecule has 5 N–H and O–H groups in total. The van der Waals surface area contributed by atoms with Crippen molar-refractivity contribution in [2.75, 3.05) is 26.3 Å². The Bertz CT molecular complexity index is 1060. The standard InChI is InChI=1S/C23H34N4O3.2C2H4O2/c1-15(2)10-22-25-18-5-4-17(13-19(18)26(22)7-3-6-24)23(29)27-8-9-30-21-12-16(14-28)11-20(21)27;2*1-2(3)4/h4-5,13,15-16,20-21,28H,3,6-12,14,24H2,1-2H3;2*1H3,(H,3,4)/t16-,20+,21?;;/m1../s1. The smallest absolute Gasteiger partial charge is 0.300 e. The van der Waals surface area contributed by atoms with E-state index in [0.717, 1.165) is 62.9 Å². The van der Waals surface area contributed by atoms with Crippen LogP contribution < -0.4 is 5.73 Å². The van der Waals surface area contributed by atoms with Crippen molar-refractivity contribution in [2.24, 2.45) is 17.6 Å². The van der Waals surface area contributed by atoms with E-state index in [0.29, 0.717) is 31.2 Å². The molecule has 3 atom stereocenters. The highest BCUT2D eigenvalue weighted by atomic mass is 16.5. The maximum atomic E-state index is 13.4. The second-order valence-electron chi connectivity index (χ2n) is 10.2. The van der Waals surface area contributed by atoms with Gasteiger partial charge in [-0.2, -0.15) is 0 Å². The number of hydrogen-bond acceptors (Lipinski definition) is 7. The van der Waals surface area contributed by atoms with Gasteiger partial charge in [0, 0.05) is 45.5 Å². The number of benzene rings is 1. The van der Waals surface area contributed by atoms with Gasteiger partial charge in [0.15, 0.2) is 0 Å². The number of hydrogen-bond donors (Lipinski definition) is 4. The minimum Gasteiger partial charge on any atom is -0.481 e. The van der Waals surface area contributed by atoms with Crippen molar-refractivity contribution >= 4 is 28.9 Å². The monoisotopic (exact) mass is 534 g/mol. The Kier molecular flexibility index (Phi) is 12.1. The number of carbonyl (C=O) groups is 3. The molecule has 1 aromatic heterocycles. The molecule has 38 heavy (non-hydrogen) atoms. The predicted molar refractivity (Wildman–Crippen MR) is 143 cm³/mol. The topological polar surface area (TPSA) is 168 Å². The number of aliphatic carboxylic acids is 2. The second-order valence-corrected chi connectivity index (χ2v) is 10.2. The van der Waals surface area contributed by atoms with Crippen molar-refractivity contribution < 1.29 is 34.4 Å². The number of fused-ring (bicyclic) bond motifs is 2. The first-order valence-corrected chi connectivity index (χ1v) is 13.1. The van der Waals surface area contributed by atoms with Gasteiger partial charge in [-0.25, -0.2) is 4.98 Å². The Morgan fingerprint density at radius 3 is 2.39 bits per heavy atom. The van der Waals surface area contributed by atoms with E-state index >= 15 is 0 Å². The summed E-state index contributed by atoms with van der Waals surface area (Å²) in [5.41, 5.74) is 8.40. The molecule has 0 spiro atoms. The zero-order chi connectivity index (χ0) is 28.4. The maximum absolute atomic E-state index is 13.4.